The fourth-order valence-electron chi connectivity index (χ4n) is 4.18. The molecule has 0 atom stereocenters. The Morgan fingerprint density at radius 3 is 2.14 bits per heavy atom. The van der Waals surface area contributed by atoms with Gasteiger partial charge in [0, 0.05) is 22.7 Å². The lowest BCUT2D eigenvalue weighted by atomic mass is 10.0. The quantitative estimate of drug-likeness (QED) is 0.318. The number of sulfonamides is 1. The van der Waals surface area contributed by atoms with Crippen LogP contribution in [0.2, 0.25) is 10.0 Å². The molecule has 0 bridgehead atoms. The summed E-state index contributed by atoms with van der Waals surface area (Å²) >= 11 is 12.1. The summed E-state index contributed by atoms with van der Waals surface area (Å²) in [7, 11) is -8.12. The third-order valence-electron chi connectivity index (χ3n) is 6.00. The molecule has 0 radical (unpaired) electrons. The van der Waals surface area contributed by atoms with Crippen molar-refractivity contribution in [3.63, 3.8) is 0 Å². The number of nitrogens with zero attached hydrogens (tertiary/aromatic N) is 1. The number of benzene rings is 3. The number of carbonyl (C=O) groups excluding carboxylic acids is 1. The highest BCUT2D eigenvalue weighted by molar-refractivity contribution is 7.93. The zero-order valence-corrected chi connectivity index (χ0v) is 22.4. The average Bonchev–Trinajstić information content (AvgIpc) is 2.79. The molecule has 0 fully saturated rings. The Labute approximate surface area is 214 Å². The lowest BCUT2D eigenvalue weighted by Gasteiger charge is -2.43. The van der Waals surface area contributed by atoms with Crippen molar-refractivity contribution < 1.29 is 27.6 Å². The average molecular weight is 559 g/mol. The first-order valence-corrected chi connectivity index (χ1v) is 14.4. The van der Waals surface area contributed by atoms with Crippen LogP contribution in [0.25, 0.3) is 10.8 Å². The fraction of sp³-hybridized carbons (Fsp3) is 0.261. The van der Waals surface area contributed by atoms with Crippen molar-refractivity contribution in [2.24, 2.45) is 0 Å². The van der Waals surface area contributed by atoms with Crippen LogP contribution >= 0.6 is 30.8 Å². The van der Waals surface area contributed by atoms with Crippen molar-refractivity contribution in [1.82, 2.24) is 5.32 Å². The Balaban J connectivity index is 2.40. The summed E-state index contributed by atoms with van der Waals surface area (Å²) in [6.07, 6.45) is -0.366. The van der Waals surface area contributed by atoms with Crippen LogP contribution in [0.15, 0.2) is 59.5 Å². The fourth-order valence-corrected chi connectivity index (χ4v) is 8.52. The van der Waals surface area contributed by atoms with Crippen molar-refractivity contribution in [3.05, 3.63) is 70.2 Å². The van der Waals surface area contributed by atoms with E-state index in [0.717, 1.165) is 4.31 Å². The van der Waals surface area contributed by atoms with E-state index in [1.807, 2.05) is 0 Å². The van der Waals surface area contributed by atoms with E-state index in [2.05, 4.69) is 5.32 Å². The molecule has 3 aromatic rings. The maximum atomic E-state index is 14.0. The van der Waals surface area contributed by atoms with Gasteiger partial charge in [0.05, 0.1) is 10.6 Å². The molecule has 35 heavy (non-hydrogen) atoms. The standard InChI is InChI=1S/C23H25Cl2N2O6PS/c1-4-23(5-2,34(29,30)31)27(35(32,33)19-13-16(24)12-17(25)14-19)18-9-10-20-15(11-18)7-6-8-21(20)22(28)26-3/h6-14H,4-5H2,1-3H3,(H,26,28)(H2,29,30,31). The smallest absolute Gasteiger partial charge is 0.351 e. The van der Waals surface area contributed by atoms with Gasteiger partial charge < -0.3 is 15.1 Å². The molecule has 0 saturated heterocycles. The number of hydrogen-bond donors (Lipinski definition) is 3. The molecule has 8 nitrogen and oxygen atoms in total. The number of carbonyl (C=O) groups is 1. The van der Waals surface area contributed by atoms with Gasteiger partial charge in [0.15, 0.2) is 5.28 Å². The van der Waals surface area contributed by atoms with Crippen LogP contribution in [0.5, 0.6) is 0 Å². The van der Waals surface area contributed by atoms with Gasteiger partial charge in [-0.2, -0.15) is 0 Å². The second kappa shape index (κ2) is 10.1. The van der Waals surface area contributed by atoms with E-state index in [4.69, 9.17) is 23.2 Å². The summed E-state index contributed by atoms with van der Waals surface area (Å²) < 4.78 is 41.7. The first-order chi connectivity index (χ1) is 16.3. The Hall–Kier alpha value is -2.13. The summed E-state index contributed by atoms with van der Waals surface area (Å²) in [5, 5.41) is 1.64. The van der Waals surface area contributed by atoms with Gasteiger partial charge in [0.25, 0.3) is 15.9 Å². The maximum Gasteiger partial charge on any atom is 0.351 e. The Bertz CT molecular complexity index is 1420. The van der Waals surface area contributed by atoms with Gasteiger partial charge in [-0.05, 0) is 60.0 Å². The van der Waals surface area contributed by atoms with Crippen LogP contribution in [0, 0.1) is 0 Å². The minimum atomic E-state index is -5.04. The second-order valence-electron chi connectivity index (χ2n) is 7.90. The van der Waals surface area contributed by atoms with E-state index < -0.39 is 22.9 Å². The molecule has 0 aliphatic rings. The summed E-state index contributed by atoms with van der Waals surface area (Å²) in [5.74, 6) is -0.326. The molecule has 0 saturated carbocycles. The molecule has 3 N–H and O–H groups in total. The van der Waals surface area contributed by atoms with Gasteiger partial charge in [0.1, 0.15) is 0 Å². The number of anilines is 1. The van der Waals surface area contributed by atoms with Crippen molar-refractivity contribution in [2.75, 3.05) is 11.4 Å². The lowest BCUT2D eigenvalue weighted by molar-refractivity contribution is 0.0964. The van der Waals surface area contributed by atoms with E-state index in [9.17, 15) is 27.6 Å². The van der Waals surface area contributed by atoms with Crippen LogP contribution in [-0.2, 0) is 14.6 Å². The number of fused-ring (bicyclic) bond motifs is 1. The third-order valence-corrected chi connectivity index (χ3v) is 10.4. The van der Waals surface area contributed by atoms with E-state index in [-0.39, 0.29) is 39.4 Å². The number of halogens is 2. The zero-order chi connectivity index (χ0) is 26.2. The third kappa shape index (κ3) is 4.94. The second-order valence-corrected chi connectivity index (χ2v) is 12.5. The van der Waals surface area contributed by atoms with Crippen molar-refractivity contribution >= 4 is 63.2 Å². The molecule has 12 heteroatoms. The topological polar surface area (TPSA) is 124 Å². The highest BCUT2D eigenvalue weighted by Crippen LogP contribution is 2.59. The van der Waals surface area contributed by atoms with E-state index in [0.29, 0.717) is 16.3 Å². The van der Waals surface area contributed by atoms with Crippen molar-refractivity contribution in [1.29, 1.82) is 0 Å². The van der Waals surface area contributed by atoms with Gasteiger partial charge in [0.2, 0.25) is 0 Å². The predicted octanol–water partition coefficient (Wildman–Crippen LogP) is 5.40. The molecule has 188 valence electrons. The number of hydrogen-bond acceptors (Lipinski definition) is 4. The molecule has 0 unspecified atom stereocenters. The Morgan fingerprint density at radius 2 is 1.63 bits per heavy atom. The van der Waals surface area contributed by atoms with Gasteiger partial charge >= 0.3 is 7.60 Å². The zero-order valence-electron chi connectivity index (χ0n) is 19.2. The van der Waals surface area contributed by atoms with Crippen LogP contribution in [-0.4, -0.2) is 36.4 Å². The SMILES string of the molecule is CCC(CC)(N(c1ccc2c(C(=O)NC)cccc2c1)S(=O)(=O)c1cc(Cl)cc(Cl)c1)P(=O)(O)O. The summed E-state index contributed by atoms with van der Waals surface area (Å²) in [6.45, 7) is 3.03. The molecular weight excluding hydrogens is 534 g/mol. The first-order valence-electron chi connectivity index (χ1n) is 10.6. The van der Waals surface area contributed by atoms with Crippen molar-refractivity contribution in [3.8, 4) is 0 Å². The minimum Gasteiger partial charge on any atom is -0.355 e. The van der Waals surface area contributed by atoms with Crippen LogP contribution in [0.1, 0.15) is 37.0 Å². The molecular formula is C23H25Cl2N2O6PS. The summed E-state index contributed by atoms with van der Waals surface area (Å²) in [4.78, 5) is 32.9. The number of amides is 1. The number of rotatable bonds is 8. The van der Waals surface area contributed by atoms with Crippen molar-refractivity contribution in [2.45, 2.75) is 36.9 Å². The van der Waals surface area contributed by atoms with Crippen LogP contribution < -0.4 is 9.62 Å². The first kappa shape index (κ1) is 27.5. The number of nitrogens with one attached hydrogen (secondary N) is 1. The molecule has 0 aliphatic carbocycles. The Kier molecular flexibility index (Phi) is 7.91. The minimum absolute atomic E-state index is 0.0229. The van der Waals surface area contributed by atoms with Gasteiger partial charge in [-0.25, -0.2) is 12.7 Å². The lowest BCUT2D eigenvalue weighted by Crippen LogP contribution is -2.51. The van der Waals surface area contributed by atoms with Gasteiger partial charge in [-0.1, -0.05) is 55.2 Å². The maximum absolute atomic E-state index is 14.0. The molecule has 3 aromatic carbocycles. The van der Waals surface area contributed by atoms with E-state index in [1.54, 1.807) is 24.3 Å². The summed E-state index contributed by atoms with van der Waals surface area (Å²) in [5.41, 5.74) is 0.398. The summed E-state index contributed by atoms with van der Waals surface area (Å²) in [6, 6.07) is 13.1. The van der Waals surface area contributed by atoms with E-state index >= 15 is 0 Å². The monoisotopic (exact) mass is 558 g/mol. The molecule has 0 spiro atoms. The molecule has 0 aliphatic heterocycles. The predicted molar refractivity (Wildman–Crippen MR) is 139 cm³/mol. The largest absolute Gasteiger partial charge is 0.355 e. The van der Waals surface area contributed by atoms with Gasteiger partial charge in [-0.15, -0.1) is 0 Å². The molecule has 0 aromatic heterocycles. The Morgan fingerprint density at radius 1 is 1.03 bits per heavy atom. The van der Waals surface area contributed by atoms with Crippen LogP contribution in [0.3, 0.4) is 0 Å². The van der Waals surface area contributed by atoms with Crippen LogP contribution in [0.4, 0.5) is 5.69 Å². The van der Waals surface area contributed by atoms with Gasteiger partial charge in [-0.3, -0.25) is 9.36 Å². The highest BCUT2D eigenvalue weighted by atomic mass is 35.5. The normalized spacial score (nSPS) is 12.5. The highest BCUT2D eigenvalue weighted by Gasteiger charge is 2.54. The molecule has 1 amide bonds. The molecule has 0 heterocycles. The van der Waals surface area contributed by atoms with E-state index in [1.165, 1.54) is 51.2 Å². The molecule has 3 rings (SSSR count).